The summed E-state index contributed by atoms with van der Waals surface area (Å²) in [5.74, 6) is 0.335. The number of aromatic nitrogens is 2. The summed E-state index contributed by atoms with van der Waals surface area (Å²) >= 11 is 0. The van der Waals surface area contributed by atoms with E-state index >= 15 is 0 Å². The maximum absolute atomic E-state index is 12.9. The summed E-state index contributed by atoms with van der Waals surface area (Å²) in [5.41, 5.74) is 3.01. The van der Waals surface area contributed by atoms with Gasteiger partial charge in [-0.25, -0.2) is 0 Å². The molecule has 1 aliphatic rings. The highest BCUT2D eigenvalue weighted by Crippen LogP contribution is 2.28. The standard InChI is InChI=1S/C18H23N3O2/c1-13-11-16(20-19-13)15-9-6-10-21(12-15)18(22)17(23-2)14-7-4-3-5-8-14/h3-5,7-8,11,15,17H,6,9-10,12H2,1-2H3,(H,19,20)/t15-,17+/m1/s1. The molecule has 1 aromatic carbocycles. The van der Waals surface area contributed by atoms with E-state index in [1.54, 1.807) is 7.11 Å². The molecule has 0 unspecified atom stereocenters. The van der Waals surface area contributed by atoms with Gasteiger partial charge in [-0.2, -0.15) is 5.10 Å². The van der Waals surface area contributed by atoms with Crippen molar-refractivity contribution < 1.29 is 9.53 Å². The first-order chi connectivity index (χ1) is 11.2. The average molecular weight is 313 g/mol. The van der Waals surface area contributed by atoms with E-state index < -0.39 is 6.10 Å². The largest absolute Gasteiger partial charge is 0.367 e. The van der Waals surface area contributed by atoms with Crippen LogP contribution in [0.5, 0.6) is 0 Å². The van der Waals surface area contributed by atoms with E-state index in [1.165, 1.54) is 0 Å². The Morgan fingerprint density at radius 1 is 1.39 bits per heavy atom. The second-order valence-electron chi connectivity index (χ2n) is 6.13. The lowest BCUT2D eigenvalue weighted by molar-refractivity contribution is -0.143. The number of rotatable bonds is 4. The van der Waals surface area contributed by atoms with Crippen molar-refractivity contribution >= 4 is 5.91 Å². The van der Waals surface area contributed by atoms with Gasteiger partial charge in [-0.05, 0) is 31.4 Å². The third-order valence-corrected chi connectivity index (χ3v) is 4.44. The molecule has 0 radical (unpaired) electrons. The van der Waals surface area contributed by atoms with Crippen LogP contribution < -0.4 is 0 Å². The van der Waals surface area contributed by atoms with Crippen LogP contribution in [0.2, 0.25) is 0 Å². The Bertz CT molecular complexity index is 653. The number of amides is 1. The zero-order valence-electron chi connectivity index (χ0n) is 13.7. The first kappa shape index (κ1) is 15.7. The fourth-order valence-corrected chi connectivity index (χ4v) is 3.24. The molecule has 0 bridgehead atoms. The van der Waals surface area contributed by atoms with Gasteiger partial charge in [-0.1, -0.05) is 30.3 Å². The van der Waals surface area contributed by atoms with Crippen molar-refractivity contribution in [1.82, 2.24) is 15.1 Å². The van der Waals surface area contributed by atoms with Gasteiger partial charge in [0, 0.05) is 31.8 Å². The zero-order valence-corrected chi connectivity index (χ0v) is 13.7. The van der Waals surface area contributed by atoms with E-state index in [0.29, 0.717) is 12.5 Å². The SMILES string of the molecule is CO[C@H](C(=O)N1CCC[C@@H](c2cc(C)[nH]n2)C1)c1ccccc1. The number of H-pyrrole nitrogens is 1. The summed E-state index contributed by atoms with van der Waals surface area (Å²) in [6.07, 6.45) is 1.53. The number of benzene rings is 1. The van der Waals surface area contributed by atoms with E-state index in [9.17, 15) is 4.79 Å². The molecule has 122 valence electrons. The van der Waals surface area contributed by atoms with Crippen LogP contribution in [0.1, 0.15) is 41.8 Å². The molecule has 5 nitrogen and oxygen atoms in total. The Morgan fingerprint density at radius 3 is 2.83 bits per heavy atom. The van der Waals surface area contributed by atoms with E-state index in [-0.39, 0.29) is 5.91 Å². The van der Waals surface area contributed by atoms with Gasteiger partial charge in [0.15, 0.2) is 6.10 Å². The molecule has 2 aromatic rings. The molecule has 0 saturated carbocycles. The molecule has 23 heavy (non-hydrogen) atoms. The molecule has 0 aliphatic carbocycles. The summed E-state index contributed by atoms with van der Waals surface area (Å²) < 4.78 is 5.48. The molecule has 0 spiro atoms. The van der Waals surface area contributed by atoms with Crippen molar-refractivity contribution in [3.63, 3.8) is 0 Å². The van der Waals surface area contributed by atoms with E-state index in [2.05, 4.69) is 16.3 Å². The highest BCUT2D eigenvalue weighted by atomic mass is 16.5. The molecule has 1 fully saturated rings. The molecule has 1 aliphatic heterocycles. The topological polar surface area (TPSA) is 58.2 Å². The number of hydrogen-bond acceptors (Lipinski definition) is 3. The van der Waals surface area contributed by atoms with Crippen LogP contribution in [0.15, 0.2) is 36.4 Å². The van der Waals surface area contributed by atoms with Crippen molar-refractivity contribution in [1.29, 1.82) is 0 Å². The molecule has 2 atom stereocenters. The number of aryl methyl sites for hydroxylation is 1. The van der Waals surface area contributed by atoms with Gasteiger partial charge in [0.2, 0.25) is 0 Å². The molecular weight excluding hydrogens is 290 g/mol. The lowest BCUT2D eigenvalue weighted by Crippen LogP contribution is -2.42. The van der Waals surface area contributed by atoms with Crippen LogP contribution in [0.4, 0.5) is 0 Å². The van der Waals surface area contributed by atoms with Crippen LogP contribution in [-0.2, 0) is 9.53 Å². The van der Waals surface area contributed by atoms with Gasteiger partial charge in [0.25, 0.3) is 5.91 Å². The van der Waals surface area contributed by atoms with Gasteiger partial charge in [-0.15, -0.1) is 0 Å². The van der Waals surface area contributed by atoms with Crippen LogP contribution >= 0.6 is 0 Å². The molecule has 1 N–H and O–H groups in total. The summed E-state index contributed by atoms with van der Waals surface area (Å²) in [6, 6.07) is 11.7. The van der Waals surface area contributed by atoms with Crippen molar-refractivity contribution in [2.24, 2.45) is 0 Å². The third-order valence-electron chi connectivity index (χ3n) is 4.44. The summed E-state index contributed by atoms with van der Waals surface area (Å²) in [5, 5.41) is 7.35. The van der Waals surface area contributed by atoms with Gasteiger partial charge >= 0.3 is 0 Å². The number of carbonyl (C=O) groups is 1. The quantitative estimate of drug-likeness (QED) is 0.944. The van der Waals surface area contributed by atoms with Crippen LogP contribution in [0.25, 0.3) is 0 Å². The van der Waals surface area contributed by atoms with Crippen molar-refractivity contribution in [2.45, 2.75) is 31.8 Å². The number of ether oxygens (including phenoxy) is 1. The number of aromatic amines is 1. The normalized spacial score (nSPS) is 19.6. The first-order valence-electron chi connectivity index (χ1n) is 8.07. The fraction of sp³-hybridized carbons (Fsp3) is 0.444. The Balaban J connectivity index is 1.73. The minimum atomic E-state index is -0.532. The Labute approximate surface area is 136 Å². The number of nitrogens with one attached hydrogen (secondary N) is 1. The number of nitrogens with zero attached hydrogens (tertiary/aromatic N) is 2. The van der Waals surface area contributed by atoms with Crippen LogP contribution in [0.3, 0.4) is 0 Å². The average Bonchev–Trinajstić information content (AvgIpc) is 3.03. The Morgan fingerprint density at radius 2 is 2.17 bits per heavy atom. The van der Waals surface area contributed by atoms with Gasteiger partial charge in [0.05, 0.1) is 5.69 Å². The summed E-state index contributed by atoms with van der Waals surface area (Å²) in [7, 11) is 1.59. The number of hydrogen-bond donors (Lipinski definition) is 1. The molecule has 2 heterocycles. The van der Waals surface area contributed by atoms with Crippen LogP contribution in [-0.4, -0.2) is 41.2 Å². The molecule has 5 heteroatoms. The van der Waals surface area contributed by atoms with Gasteiger partial charge in [-0.3, -0.25) is 9.89 Å². The van der Waals surface area contributed by atoms with E-state index in [0.717, 1.165) is 36.3 Å². The highest BCUT2D eigenvalue weighted by Gasteiger charge is 2.31. The minimum Gasteiger partial charge on any atom is -0.367 e. The van der Waals surface area contributed by atoms with Crippen molar-refractivity contribution in [3.8, 4) is 0 Å². The molecule has 1 aromatic heterocycles. The predicted molar refractivity (Wildman–Crippen MR) is 88.1 cm³/mol. The van der Waals surface area contributed by atoms with E-state index in [1.807, 2.05) is 42.2 Å². The number of piperidine rings is 1. The molecular formula is C18H23N3O2. The maximum atomic E-state index is 12.9. The van der Waals surface area contributed by atoms with Crippen molar-refractivity contribution in [2.75, 3.05) is 20.2 Å². The second kappa shape index (κ2) is 6.96. The fourth-order valence-electron chi connectivity index (χ4n) is 3.24. The Hall–Kier alpha value is -2.14. The molecule has 3 rings (SSSR count). The highest BCUT2D eigenvalue weighted by molar-refractivity contribution is 5.82. The maximum Gasteiger partial charge on any atom is 0.256 e. The number of carbonyl (C=O) groups excluding carboxylic acids is 1. The predicted octanol–water partition coefficient (Wildman–Crippen LogP) is 2.81. The lowest BCUT2D eigenvalue weighted by Gasteiger charge is -2.34. The second-order valence-corrected chi connectivity index (χ2v) is 6.13. The number of likely N-dealkylation sites (tertiary alicyclic amines) is 1. The van der Waals surface area contributed by atoms with Crippen LogP contribution in [0, 0.1) is 6.92 Å². The molecule has 1 amide bonds. The zero-order chi connectivity index (χ0) is 16.2. The smallest absolute Gasteiger partial charge is 0.256 e. The first-order valence-corrected chi connectivity index (χ1v) is 8.07. The lowest BCUT2D eigenvalue weighted by atomic mass is 9.94. The summed E-state index contributed by atoms with van der Waals surface area (Å²) in [6.45, 7) is 3.49. The van der Waals surface area contributed by atoms with Crippen molar-refractivity contribution in [3.05, 3.63) is 53.3 Å². The minimum absolute atomic E-state index is 0.0376. The summed E-state index contributed by atoms with van der Waals surface area (Å²) in [4.78, 5) is 14.8. The van der Waals surface area contributed by atoms with Gasteiger partial charge in [0.1, 0.15) is 0 Å². The third kappa shape index (κ3) is 3.45. The number of methoxy groups -OCH3 is 1. The molecule has 1 saturated heterocycles. The monoisotopic (exact) mass is 313 g/mol. The Kier molecular flexibility index (Phi) is 4.76. The van der Waals surface area contributed by atoms with Gasteiger partial charge < -0.3 is 9.64 Å². The van der Waals surface area contributed by atoms with E-state index in [4.69, 9.17) is 4.74 Å².